The Hall–Kier alpha value is -1.59. The molecule has 0 radical (unpaired) electrons. The Kier molecular flexibility index (Phi) is 3.75. The summed E-state index contributed by atoms with van der Waals surface area (Å²) in [6.45, 7) is 2.53. The molecule has 0 spiro atoms. The predicted molar refractivity (Wildman–Crippen MR) is 36.9 cm³/mol. The van der Waals surface area contributed by atoms with Crippen LogP contribution in [0.25, 0.3) is 0 Å². The molecule has 0 saturated heterocycles. The zero-order chi connectivity index (χ0) is 9.72. The van der Waals surface area contributed by atoms with Crippen LogP contribution in [0.1, 0.15) is 20.3 Å². The van der Waals surface area contributed by atoms with Crippen molar-refractivity contribution in [2.24, 2.45) is 0 Å². The minimum Gasteiger partial charge on any atom is -0.448 e. The van der Waals surface area contributed by atoms with E-state index in [-0.39, 0.29) is 11.5 Å². The first-order chi connectivity index (χ1) is 5.49. The second kappa shape index (κ2) is 4.32. The number of hydroxylamine groups is 2. The Bertz CT molecular complexity index is 212. The van der Waals surface area contributed by atoms with Crippen LogP contribution in [-0.4, -0.2) is 28.1 Å². The van der Waals surface area contributed by atoms with E-state index in [1.807, 2.05) is 0 Å². The normalized spacial score (nSPS) is 8.83. The summed E-state index contributed by atoms with van der Waals surface area (Å²) in [5.74, 6) is -1.45. The van der Waals surface area contributed by atoms with E-state index < -0.39 is 18.0 Å². The van der Waals surface area contributed by atoms with E-state index in [4.69, 9.17) is 5.11 Å². The maximum Gasteiger partial charge on any atom is 0.531 e. The standard InChI is InChI=1S/C6H9NO5/c1-3-5(9)7(4(2)8)12-6(10)11/h3H2,1-2H3,(H,10,11). The molecule has 0 aliphatic carbocycles. The van der Waals surface area contributed by atoms with Crippen LogP contribution in [0.5, 0.6) is 0 Å². The van der Waals surface area contributed by atoms with Gasteiger partial charge < -0.3 is 5.11 Å². The molecule has 6 nitrogen and oxygen atoms in total. The third-order valence-corrected chi connectivity index (χ3v) is 0.984. The van der Waals surface area contributed by atoms with Gasteiger partial charge in [-0.1, -0.05) is 12.0 Å². The molecular formula is C6H9NO5. The fourth-order valence-corrected chi connectivity index (χ4v) is 0.512. The molecule has 6 heteroatoms. The van der Waals surface area contributed by atoms with Gasteiger partial charge in [0.1, 0.15) is 0 Å². The molecule has 0 rings (SSSR count). The van der Waals surface area contributed by atoms with Crippen molar-refractivity contribution >= 4 is 18.0 Å². The quantitative estimate of drug-likeness (QED) is 0.582. The summed E-state index contributed by atoms with van der Waals surface area (Å²) < 4.78 is 0. The van der Waals surface area contributed by atoms with Gasteiger partial charge in [0.05, 0.1) is 0 Å². The van der Waals surface area contributed by atoms with Crippen molar-refractivity contribution < 1.29 is 24.3 Å². The van der Waals surface area contributed by atoms with Crippen LogP contribution >= 0.6 is 0 Å². The highest BCUT2D eigenvalue weighted by atomic mass is 16.8. The first-order valence-corrected chi connectivity index (χ1v) is 3.23. The van der Waals surface area contributed by atoms with E-state index in [1.54, 1.807) is 0 Å². The molecule has 68 valence electrons. The second-order valence-corrected chi connectivity index (χ2v) is 1.92. The first kappa shape index (κ1) is 10.4. The van der Waals surface area contributed by atoms with E-state index in [1.165, 1.54) is 6.92 Å². The van der Waals surface area contributed by atoms with E-state index >= 15 is 0 Å². The molecule has 0 aromatic carbocycles. The van der Waals surface area contributed by atoms with Crippen LogP contribution in [0.15, 0.2) is 0 Å². The summed E-state index contributed by atoms with van der Waals surface area (Å²) in [6.07, 6.45) is -1.68. The summed E-state index contributed by atoms with van der Waals surface area (Å²) in [5.41, 5.74) is 0. The Labute approximate surface area is 68.7 Å². The first-order valence-electron chi connectivity index (χ1n) is 3.23. The Balaban J connectivity index is 4.33. The lowest BCUT2D eigenvalue weighted by Gasteiger charge is -2.13. The third-order valence-electron chi connectivity index (χ3n) is 0.984. The van der Waals surface area contributed by atoms with E-state index in [0.717, 1.165) is 6.92 Å². The van der Waals surface area contributed by atoms with Crippen LogP contribution in [0.4, 0.5) is 4.79 Å². The highest BCUT2D eigenvalue weighted by Crippen LogP contribution is 1.96. The van der Waals surface area contributed by atoms with Gasteiger partial charge in [0.15, 0.2) is 0 Å². The van der Waals surface area contributed by atoms with Crippen molar-refractivity contribution in [2.75, 3.05) is 0 Å². The van der Waals surface area contributed by atoms with Crippen molar-refractivity contribution in [3.8, 4) is 0 Å². The van der Waals surface area contributed by atoms with Gasteiger partial charge in [0, 0.05) is 13.3 Å². The molecule has 0 aliphatic heterocycles. The number of carbonyl (C=O) groups is 3. The summed E-state index contributed by atoms with van der Waals surface area (Å²) in [5, 5.41) is 8.32. The van der Waals surface area contributed by atoms with E-state index in [9.17, 15) is 14.4 Å². The van der Waals surface area contributed by atoms with Crippen LogP contribution < -0.4 is 0 Å². The topological polar surface area (TPSA) is 83.9 Å². The Morgan fingerprint density at radius 2 is 1.92 bits per heavy atom. The number of carbonyl (C=O) groups excluding carboxylic acids is 2. The minimum absolute atomic E-state index is 0.00681. The lowest BCUT2D eigenvalue weighted by molar-refractivity contribution is -0.181. The second-order valence-electron chi connectivity index (χ2n) is 1.92. The average Bonchev–Trinajstić information content (AvgIpc) is 1.98. The summed E-state index contributed by atoms with van der Waals surface area (Å²) in [6, 6.07) is 0. The number of imide groups is 1. The predicted octanol–water partition coefficient (Wildman–Crippen LogP) is 0.381. The van der Waals surface area contributed by atoms with Gasteiger partial charge in [-0.15, -0.1) is 0 Å². The van der Waals surface area contributed by atoms with Gasteiger partial charge >= 0.3 is 6.16 Å². The zero-order valence-corrected chi connectivity index (χ0v) is 6.73. The molecule has 0 aromatic heterocycles. The Morgan fingerprint density at radius 3 is 2.17 bits per heavy atom. The number of rotatable bonds is 1. The van der Waals surface area contributed by atoms with Crippen molar-refractivity contribution in [1.29, 1.82) is 0 Å². The molecule has 2 amide bonds. The van der Waals surface area contributed by atoms with Crippen molar-refractivity contribution in [2.45, 2.75) is 20.3 Å². The van der Waals surface area contributed by atoms with E-state index in [2.05, 4.69) is 4.84 Å². The molecule has 0 aromatic rings. The largest absolute Gasteiger partial charge is 0.531 e. The van der Waals surface area contributed by atoms with Crippen LogP contribution in [-0.2, 0) is 14.4 Å². The molecule has 0 unspecified atom stereocenters. The van der Waals surface area contributed by atoms with Crippen LogP contribution in [0.3, 0.4) is 0 Å². The van der Waals surface area contributed by atoms with Crippen LogP contribution in [0.2, 0.25) is 0 Å². The monoisotopic (exact) mass is 175 g/mol. The van der Waals surface area contributed by atoms with Crippen molar-refractivity contribution in [3.63, 3.8) is 0 Å². The number of carboxylic acid groups (broad SMARTS) is 1. The molecule has 0 heterocycles. The van der Waals surface area contributed by atoms with Crippen molar-refractivity contribution in [1.82, 2.24) is 5.06 Å². The lowest BCUT2D eigenvalue weighted by atomic mass is 10.4. The average molecular weight is 175 g/mol. The van der Waals surface area contributed by atoms with Gasteiger partial charge in [-0.25, -0.2) is 4.79 Å². The SMILES string of the molecule is CCC(=O)N(OC(=O)O)C(C)=O. The van der Waals surface area contributed by atoms with Crippen molar-refractivity contribution in [3.05, 3.63) is 0 Å². The molecule has 0 atom stereocenters. The molecule has 12 heavy (non-hydrogen) atoms. The maximum atomic E-state index is 10.8. The molecular weight excluding hydrogens is 166 g/mol. The number of hydrogen-bond acceptors (Lipinski definition) is 4. The number of hydrogen-bond donors (Lipinski definition) is 1. The summed E-state index contributed by atoms with van der Waals surface area (Å²) >= 11 is 0. The van der Waals surface area contributed by atoms with Gasteiger partial charge in [-0.3, -0.25) is 14.4 Å². The molecule has 0 fully saturated rings. The molecule has 0 saturated carbocycles. The minimum atomic E-state index is -1.69. The highest BCUT2D eigenvalue weighted by molar-refractivity contribution is 5.93. The van der Waals surface area contributed by atoms with Gasteiger partial charge in [-0.05, 0) is 0 Å². The van der Waals surface area contributed by atoms with Gasteiger partial charge in [-0.2, -0.15) is 0 Å². The third kappa shape index (κ3) is 3.00. The van der Waals surface area contributed by atoms with Crippen LogP contribution in [0, 0.1) is 0 Å². The fraction of sp³-hybridized carbons (Fsp3) is 0.500. The van der Waals surface area contributed by atoms with Gasteiger partial charge in [0.25, 0.3) is 11.8 Å². The number of amides is 2. The van der Waals surface area contributed by atoms with Gasteiger partial charge in [0.2, 0.25) is 0 Å². The fourth-order valence-electron chi connectivity index (χ4n) is 0.512. The smallest absolute Gasteiger partial charge is 0.448 e. The molecule has 0 aliphatic rings. The Morgan fingerprint density at radius 1 is 1.42 bits per heavy atom. The highest BCUT2D eigenvalue weighted by Gasteiger charge is 2.20. The summed E-state index contributed by atoms with van der Waals surface area (Å²) in [4.78, 5) is 35.3. The summed E-state index contributed by atoms with van der Waals surface area (Å²) in [7, 11) is 0. The number of nitrogens with zero attached hydrogens (tertiary/aromatic N) is 1. The lowest BCUT2D eigenvalue weighted by Crippen LogP contribution is -2.36. The molecule has 0 bridgehead atoms. The molecule has 1 N–H and O–H groups in total. The maximum absolute atomic E-state index is 10.8. The van der Waals surface area contributed by atoms with E-state index in [0.29, 0.717) is 0 Å². The zero-order valence-electron chi connectivity index (χ0n) is 6.73.